The summed E-state index contributed by atoms with van der Waals surface area (Å²) >= 11 is 0. The molecule has 0 unspecified atom stereocenters. The van der Waals surface area contributed by atoms with Gasteiger partial charge in [-0.3, -0.25) is 4.79 Å². The van der Waals surface area contributed by atoms with Gasteiger partial charge in [0.25, 0.3) is 0 Å². The van der Waals surface area contributed by atoms with Gasteiger partial charge in [-0.25, -0.2) is 0 Å². The Morgan fingerprint density at radius 1 is 1.64 bits per heavy atom. The van der Waals surface area contributed by atoms with Crippen molar-refractivity contribution in [2.24, 2.45) is 11.7 Å². The van der Waals surface area contributed by atoms with Crippen molar-refractivity contribution < 1.29 is 9.53 Å². The number of rotatable bonds is 2. The van der Waals surface area contributed by atoms with Crippen LogP contribution in [-0.2, 0) is 9.53 Å². The van der Waals surface area contributed by atoms with E-state index in [1.165, 1.54) is 0 Å². The largest absolute Gasteiger partial charge is 0.460 e. The fraction of sp³-hybridized carbons (Fsp3) is 0.750. The Morgan fingerprint density at radius 2 is 2.09 bits per heavy atom. The van der Waals surface area contributed by atoms with Gasteiger partial charge >= 0.3 is 5.97 Å². The van der Waals surface area contributed by atoms with Gasteiger partial charge in [-0.2, -0.15) is 0 Å². The number of esters is 1. The Hall–Kier alpha value is -0.570. The molecule has 0 saturated carbocycles. The SMILES string of the molecule is [CH2][C@@H](CN)C(=O)OC(C)(C)C. The van der Waals surface area contributed by atoms with E-state index in [-0.39, 0.29) is 12.5 Å². The first-order chi connectivity index (χ1) is 4.87. The molecule has 11 heavy (non-hydrogen) atoms. The summed E-state index contributed by atoms with van der Waals surface area (Å²) in [5.74, 6) is -0.783. The van der Waals surface area contributed by atoms with Crippen LogP contribution in [0.5, 0.6) is 0 Å². The Labute approximate surface area is 67.9 Å². The van der Waals surface area contributed by atoms with E-state index in [2.05, 4.69) is 6.92 Å². The van der Waals surface area contributed by atoms with E-state index in [9.17, 15) is 4.79 Å². The zero-order valence-corrected chi connectivity index (χ0v) is 7.39. The van der Waals surface area contributed by atoms with Crippen LogP contribution < -0.4 is 5.73 Å². The van der Waals surface area contributed by atoms with Crippen molar-refractivity contribution in [3.05, 3.63) is 6.92 Å². The predicted octanol–water partition coefficient (Wildman–Crippen LogP) is 0.737. The first-order valence-electron chi connectivity index (χ1n) is 3.63. The zero-order valence-electron chi connectivity index (χ0n) is 7.39. The Bertz CT molecular complexity index is 138. The van der Waals surface area contributed by atoms with Crippen molar-refractivity contribution in [1.82, 2.24) is 0 Å². The molecule has 0 heterocycles. The maximum Gasteiger partial charge on any atom is 0.310 e. The molecule has 0 aliphatic carbocycles. The summed E-state index contributed by atoms with van der Waals surface area (Å²) in [5, 5.41) is 0. The number of carbonyl (C=O) groups is 1. The molecule has 1 atom stereocenters. The number of nitrogens with two attached hydrogens (primary N) is 1. The molecule has 0 saturated heterocycles. The third-order valence-electron chi connectivity index (χ3n) is 1.02. The van der Waals surface area contributed by atoms with Crippen LogP contribution in [0.1, 0.15) is 20.8 Å². The average Bonchev–Trinajstić information content (AvgIpc) is 1.82. The smallest absolute Gasteiger partial charge is 0.310 e. The lowest BCUT2D eigenvalue weighted by Gasteiger charge is -2.21. The van der Waals surface area contributed by atoms with Crippen LogP contribution in [-0.4, -0.2) is 18.1 Å². The van der Waals surface area contributed by atoms with Crippen molar-refractivity contribution >= 4 is 5.97 Å². The van der Waals surface area contributed by atoms with E-state index < -0.39 is 11.5 Å². The van der Waals surface area contributed by atoms with Crippen LogP contribution in [0.25, 0.3) is 0 Å². The molecule has 0 aromatic heterocycles. The van der Waals surface area contributed by atoms with E-state index in [1.54, 1.807) is 0 Å². The third-order valence-corrected chi connectivity index (χ3v) is 1.02. The highest BCUT2D eigenvalue weighted by atomic mass is 16.6. The molecular weight excluding hydrogens is 142 g/mol. The minimum Gasteiger partial charge on any atom is -0.460 e. The maximum atomic E-state index is 11.0. The van der Waals surface area contributed by atoms with E-state index in [4.69, 9.17) is 10.5 Å². The molecule has 0 bridgehead atoms. The van der Waals surface area contributed by atoms with Gasteiger partial charge in [0, 0.05) is 6.54 Å². The quantitative estimate of drug-likeness (QED) is 0.603. The highest BCUT2D eigenvalue weighted by Gasteiger charge is 2.20. The summed E-state index contributed by atoms with van der Waals surface area (Å²) in [6, 6.07) is 0. The monoisotopic (exact) mass is 158 g/mol. The molecule has 1 radical (unpaired) electrons. The van der Waals surface area contributed by atoms with E-state index >= 15 is 0 Å². The van der Waals surface area contributed by atoms with Gasteiger partial charge in [-0.15, -0.1) is 0 Å². The molecule has 0 spiro atoms. The molecule has 0 fully saturated rings. The van der Waals surface area contributed by atoms with Gasteiger partial charge in [-0.05, 0) is 27.7 Å². The maximum absolute atomic E-state index is 11.0. The molecular formula is C8H16NO2. The summed E-state index contributed by atoms with van der Waals surface area (Å²) < 4.78 is 5.01. The van der Waals surface area contributed by atoms with Crippen LogP contribution >= 0.6 is 0 Å². The zero-order chi connectivity index (χ0) is 9.07. The summed E-state index contributed by atoms with van der Waals surface area (Å²) in [6.45, 7) is 9.21. The van der Waals surface area contributed by atoms with Crippen molar-refractivity contribution in [3.63, 3.8) is 0 Å². The van der Waals surface area contributed by atoms with Gasteiger partial charge in [0.2, 0.25) is 0 Å². The summed E-state index contributed by atoms with van der Waals surface area (Å²) in [5.41, 5.74) is 4.79. The topological polar surface area (TPSA) is 52.3 Å². The second-order valence-corrected chi connectivity index (χ2v) is 3.47. The molecule has 65 valence electrons. The fourth-order valence-corrected chi connectivity index (χ4v) is 0.481. The average molecular weight is 158 g/mol. The van der Waals surface area contributed by atoms with Crippen LogP contribution in [0, 0.1) is 12.8 Å². The van der Waals surface area contributed by atoms with Crippen LogP contribution in [0.2, 0.25) is 0 Å². The van der Waals surface area contributed by atoms with Crippen molar-refractivity contribution in [3.8, 4) is 0 Å². The van der Waals surface area contributed by atoms with Crippen LogP contribution in [0.3, 0.4) is 0 Å². The molecule has 0 aliphatic rings. The van der Waals surface area contributed by atoms with E-state index in [1.807, 2.05) is 20.8 Å². The summed E-state index contributed by atoms with van der Waals surface area (Å²) in [4.78, 5) is 11.0. The molecule has 0 aromatic rings. The first kappa shape index (κ1) is 10.4. The van der Waals surface area contributed by atoms with Gasteiger partial charge < -0.3 is 10.5 Å². The fourth-order valence-electron chi connectivity index (χ4n) is 0.481. The second-order valence-electron chi connectivity index (χ2n) is 3.47. The third kappa shape index (κ3) is 4.79. The Balaban J connectivity index is 3.88. The van der Waals surface area contributed by atoms with Gasteiger partial charge in [0.15, 0.2) is 0 Å². The van der Waals surface area contributed by atoms with Gasteiger partial charge in [0.1, 0.15) is 5.60 Å². The number of hydrogen-bond donors (Lipinski definition) is 1. The summed E-state index contributed by atoms with van der Waals surface area (Å²) in [7, 11) is 0. The van der Waals surface area contributed by atoms with Crippen molar-refractivity contribution in [2.45, 2.75) is 26.4 Å². The normalized spacial score (nSPS) is 14.3. The molecule has 0 amide bonds. The minimum absolute atomic E-state index is 0.231. The summed E-state index contributed by atoms with van der Waals surface area (Å²) in [6.07, 6.45) is 0. The Kier molecular flexibility index (Phi) is 3.52. The van der Waals surface area contributed by atoms with E-state index in [0.29, 0.717) is 0 Å². The molecule has 0 aromatic carbocycles. The van der Waals surface area contributed by atoms with Crippen LogP contribution in [0.4, 0.5) is 0 Å². The number of hydrogen-bond acceptors (Lipinski definition) is 3. The van der Waals surface area contributed by atoms with Crippen molar-refractivity contribution in [2.75, 3.05) is 6.54 Å². The standard InChI is InChI=1S/C8H16NO2/c1-6(5-9)7(10)11-8(2,3)4/h6H,1,5,9H2,2-4H3/t6-/m0/s1. The number of carbonyl (C=O) groups excluding carboxylic acids is 1. The number of ether oxygens (including phenoxy) is 1. The highest BCUT2D eigenvalue weighted by Crippen LogP contribution is 2.09. The minimum atomic E-state index is -0.450. The molecule has 0 aliphatic heterocycles. The predicted molar refractivity (Wildman–Crippen MR) is 43.7 cm³/mol. The lowest BCUT2D eigenvalue weighted by Crippen LogP contribution is -2.30. The molecule has 0 rings (SSSR count). The lowest BCUT2D eigenvalue weighted by atomic mass is 10.1. The molecule has 3 heteroatoms. The second kappa shape index (κ2) is 3.72. The molecule has 3 nitrogen and oxygen atoms in total. The molecule has 2 N–H and O–H groups in total. The van der Waals surface area contributed by atoms with Gasteiger partial charge in [0.05, 0.1) is 5.92 Å². The Morgan fingerprint density at radius 3 is 2.36 bits per heavy atom. The van der Waals surface area contributed by atoms with Crippen LogP contribution in [0.15, 0.2) is 0 Å². The lowest BCUT2D eigenvalue weighted by molar-refractivity contribution is -0.157. The van der Waals surface area contributed by atoms with E-state index in [0.717, 1.165) is 0 Å². The van der Waals surface area contributed by atoms with Gasteiger partial charge in [-0.1, -0.05) is 0 Å². The first-order valence-corrected chi connectivity index (χ1v) is 3.63. The highest BCUT2D eigenvalue weighted by molar-refractivity contribution is 5.73. The van der Waals surface area contributed by atoms with Crippen molar-refractivity contribution in [1.29, 1.82) is 0 Å².